The Bertz CT molecular complexity index is 1180. The average molecular weight is 463 g/mol. The van der Waals surface area contributed by atoms with Crippen LogP contribution in [0.1, 0.15) is 5.56 Å². The number of rotatable bonds is 9. The largest absolute Gasteiger partial charge is 0.497 e. The number of methoxy groups -OCH3 is 4. The fourth-order valence-electron chi connectivity index (χ4n) is 3.48. The van der Waals surface area contributed by atoms with Crippen LogP contribution in [0.4, 0.5) is 0 Å². The van der Waals surface area contributed by atoms with Gasteiger partial charge in [0.2, 0.25) is 5.75 Å². The third-order valence-corrected chi connectivity index (χ3v) is 6.22. The molecule has 3 aromatic carbocycles. The zero-order valence-electron chi connectivity index (χ0n) is 19.1. The average Bonchev–Trinajstić information content (AvgIpc) is 3.31. The van der Waals surface area contributed by atoms with E-state index in [9.17, 15) is 0 Å². The van der Waals surface area contributed by atoms with Crippen molar-refractivity contribution in [3.63, 3.8) is 0 Å². The summed E-state index contributed by atoms with van der Waals surface area (Å²) in [6.07, 6.45) is 2.02. The van der Waals surface area contributed by atoms with Gasteiger partial charge < -0.3 is 18.9 Å². The number of nitrogens with zero attached hydrogens (tertiary/aromatic N) is 2. The van der Waals surface area contributed by atoms with Crippen LogP contribution in [-0.4, -0.2) is 38.0 Å². The Morgan fingerprint density at radius 1 is 0.788 bits per heavy atom. The van der Waals surface area contributed by atoms with E-state index < -0.39 is 0 Å². The lowest BCUT2D eigenvalue weighted by Crippen LogP contribution is -1.96. The minimum Gasteiger partial charge on any atom is -0.497 e. The van der Waals surface area contributed by atoms with Crippen LogP contribution in [0.5, 0.6) is 23.0 Å². The molecular formula is C26H26N2O4S. The van der Waals surface area contributed by atoms with Crippen molar-refractivity contribution in [1.82, 2.24) is 9.55 Å². The Balaban J connectivity index is 1.77. The van der Waals surface area contributed by atoms with Gasteiger partial charge in [-0.2, -0.15) is 0 Å². The van der Waals surface area contributed by atoms with E-state index in [1.165, 1.54) is 5.56 Å². The quantitative estimate of drug-likeness (QED) is 0.290. The molecule has 1 heterocycles. The summed E-state index contributed by atoms with van der Waals surface area (Å²) in [5, 5.41) is 0.882. The maximum atomic E-state index is 5.53. The molecule has 0 N–H and O–H groups in total. The van der Waals surface area contributed by atoms with Crippen molar-refractivity contribution in [3.05, 3.63) is 78.5 Å². The summed E-state index contributed by atoms with van der Waals surface area (Å²) in [6, 6.07) is 22.1. The van der Waals surface area contributed by atoms with Crippen molar-refractivity contribution in [2.75, 3.05) is 28.4 Å². The summed E-state index contributed by atoms with van der Waals surface area (Å²) in [4.78, 5) is 4.96. The smallest absolute Gasteiger partial charge is 0.203 e. The number of thioether (sulfide) groups is 1. The molecule has 0 atom stereocenters. The van der Waals surface area contributed by atoms with Crippen LogP contribution in [0, 0.1) is 0 Å². The van der Waals surface area contributed by atoms with Gasteiger partial charge in [-0.25, -0.2) is 4.98 Å². The van der Waals surface area contributed by atoms with Gasteiger partial charge in [0.1, 0.15) is 5.75 Å². The van der Waals surface area contributed by atoms with Gasteiger partial charge in [0.25, 0.3) is 0 Å². The molecule has 0 aliphatic heterocycles. The molecule has 6 nitrogen and oxygen atoms in total. The highest BCUT2D eigenvalue weighted by Crippen LogP contribution is 2.41. The number of hydrogen-bond acceptors (Lipinski definition) is 6. The monoisotopic (exact) mass is 462 g/mol. The standard InChI is InChI=1S/C26H26N2O4S/c1-29-21-12-10-20(11-13-21)28-16-22(27-26(28)33-17-18-8-6-5-7-9-18)19-14-23(30-2)25(32-4)24(15-19)31-3/h5-16H,17H2,1-4H3. The van der Waals surface area contributed by atoms with Gasteiger partial charge >= 0.3 is 0 Å². The lowest BCUT2D eigenvalue weighted by atomic mass is 10.1. The number of hydrogen-bond donors (Lipinski definition) is 0. The molecule has 0 unspecified atom stereocenters. The van der Waals surface area contributed by atoms with Crippen LogP contribution < -0.4 is 18.9 Å². The summed E-state index contributed by atoms with van der Waals surface area (Å²) in [5.74, 6) is 3.34. The van der Waals surface area contributed by atoms with Crippen LogP contribution in [0.25, 0.3) is 16.9 Å². The molecule has 0 fully saturated rings. The fraction of sp³-hybridized carbons (Fsp3) is 0.192. The Labute approximate surface area is 198 Å². The summed E-state index contributed by atoms with van der Waals surface area (Å²) < 4.78 is 23.9. The highest BCUT2D eigenvalue weighted by molar-refractivity contribution is 7.98. The van der Waals surface area contributed by atoms with E-state index in [1.54, 1.807) is 40.2 Å². The second-order valence-electron chi connectivity index (χ2n) is 7.17. The molecule has 170 valence electrons. The maximum Gasteiger partial charge on any atom is 0.203 e. The lowest BCUT2D eigenvalue weighted by Gasteiger charge is -2.13. The van der Waals surface area contributed by atoms with Gasteiger partial charge in [-0.15, -0.1) is 0 Å². The number of aromatic nitrogens is 2. The third-order valence-electron chi connectivity index (χ3n) is 5.20. The van der Waals surface area contributed by atoms with Crippen LogP contribution in [-0.2, 0) is 5.75 Å². The van der Waals surface area contributed by atoms with Crippen LogP contribution in [0.15, 0.2) is 78.1 Å². The topological polar surface area (TPSA) is 54.7 Å². The molecule has 4 aromatic rings. The predicted octanol–water partition coefficient (Wildman–Crippen LogP) is 5.87. The number of imidazole rings is 1. The van der Waals surface area contributed by atoms with Gasteiger partial charge in [-0.3, -0.25) is 4.57 Å². The minimum atomic E-state index is 0.553. The summed E-state index contributed by atoms with van der Waals surface area (Å²) in [6.45, 7) is 0. The fourth-order valence-corrected chi connectivity index (χ4v) is 4.43. The molecule has 0 bridgehead atoms. The zero-order chi connectivity index (χ0) is 23.2. The molecule has 0 saturated heterocycles. The summed E-state index contributed by atoms with van der Waals surface area (Å²) in [5.41, 5.74) is 3.91. The molecule has 0 aliphatic carbocycles. The Morgan fingerprint density at radius 2 is 1.45 bits per heavy atom. The van der Waals surface area contributed by atoms with Crippen molar-refractivity contribution < 1.29 is 18.9 Å². The normalized spacial score (nSPS) is 10.7. The van der Waals surface area contributed by atoms with Crippen LogP contribution in [0.2, 0.25) is 0 Å². The molecule has 33 heavy (non-hydrogen) atoms. The maximum absolute atomic E-state index is 5.53. The van der Waals surface area contributed by atoms with E-state index >= 15 is 0 Å². The molecule has 0 amide bonds. The van der Waals surface area contributed by atoms with Crippen molar-refractivity contribution in [2.24, 2.45) is 0 Å². The highest BCUT2D eigenvalue weighted by Gasteiger charge is 2.18. The van der Waals surface area contributed by atoms with E-state index in [1.807, 2.05) is 60.8 Å². The van der Waals surface area contributed by atoms with E-state index in [0.717, 1.165) is 33.6 Å². The number of benzene rings is 3. The molecule has 1 aromatic heterocycles. The molecule has 0 saturated carbocycles. The first-order valence-electron chi connectivity index (χ1n) is 10.4. The van der Waals surface area contributed by atoms with Gasteiger partial charge in [0.15, 0.2) is 16.7 Å². The van der Waals surface area contributed by atoms with E-state index in [4.69, 9.17) is 23.9 Å². The molecule has 0 aliphatic rings. The molecule has 4 rings (SSSR count). The second-order valence-corrected chi connectivity index (χ2v) is 8.11. The van der Waals surface area contributed by atoms with Crippen molar-refractivity contribution in [1.29, 1.82) is 0 Å². The Kier molecular flexibility index (Phi) is 7.10. The van der Waals surface area contributed by atoms with Gasteiger partial charge in [0.05, 0.1) is 34.1 Å². The zero-order valence-corrected chi connectivity index (χ0v) is 19.9. The molecule has 7 heteroatoms. The SMILES string of the molecule is COc1ccc(-n2cc(-c3cc(OC)c(OC)c(OC)c3)nc2SCc2ccccc2)cc1. The van der Waals surface area contributed by atoms with Gasteiger partial charge in [-0.05, 0) is 42.0 Å². The first-order valence-corrected chi connectivity index (χ1v) is 11.4. The van der Waals surface area contributed by atoms with Crippen molar-refractivity contribution in [3.8, 4) is 39.9 Å². The summed E-state index contributed by atoms with van der Waals surface area (Å²) in [7, 11) is 6.48. The first kappa shape index (κ1) is 22.6. The third kappa shape index (κ3) is 4.93. The number of ether oxygens (including phenoxy) is 4. The van der Waals surface area contributed by atoms with Gasteiger partial charge in [-0.1, -0.05) is 42.1 Å². The van der Waals surface area contributed by atoms with E-state index in [2.05, 4.69) is 16.7 Å². The van der Waals surface area contributed by atoms with Crippen molar-refractivity contribution >= 4 is 11.8 Å². The highest BCUT2D eigenvalue weighted by atomic mass is 32.2. The Hall–Kier alpha value is -3.58. The Morgan fingerprint density at radius 3 is 2.03 bits per heavy atom. The predicted molar refractivity (Wildman–Crippen MR) is 131 cm³/mol. The first-order chi connectivity index (χ1) is 16.2. The lowest BCUT2D eigenvalue weighted by molar-refractivity contribution is 0.324. The van der Waals surface area contributed by atoms with Crippen molar-refractivity contribution in [2.45, 2.75) is 10.9 Å². The minimum absolute atomic E-state index is 0.553. The van der Waals surface area contributed by atoms with E-state index in [0.29, 0.717) is 17.2 Å². The summed E-state index contributed by atoms with van der Waals surface area (Å²) >= 11 is 1.68. The molecule has 0 spiro atoms. The van der Waals surface area contributed by atoms with Crippen LogP contribution >= 0.6 is 11.8 Å². The van der Waals surface area contributed by atoms with Gasteiger partial charge in [0, 0.05) is 23.2 Å². The molecule has 0 radical (unpaired) electrons. The molecular weight excluding hydrogens is 436 g/mol. The van der Waals surface area contributed by atoms with E-state index in [-0.39, 0.29) is 0 Å². The van der Waals surface area contributed by atoms with Crippen LogP contribution in [0.3, 0.4) is 0 Å². The second kappa shape index (κ2) is 10.4.